The van der Waals surface area contributed by atoms with Gasteiger partial charge in [0, 0.05) is 0 Å². The molecule has 0 atom stereocenters. The van der Waals surface area contributed by atoms with Crippen LogP contribution in [-0.4, -0.2) is 14.8 Å². The van der Waals surface area contributed by atoms with Gasteiger partial charge in [-0.2, -0.15) is 0 Å². The van der Waals surface area contributed by atoms with E-state index < -0.39 is 17.4 Å². The van der Waals surface area contributed by atoms with Gasteiger partial charge in [0.15, 0.2) is 0 Å². The van der Waals surface area contributed by atoms with Crippen LogP contribution in [0.3, 0.4) is 0 Å². The lowest BCUT2D eigenvalue weighted by Gasteiger charge is -2.17. The van der Waals surface area contributed by atoms with Crippen LogP contribution in [0.2, 0.25) is 0 Å². The van der Waals surface area contributed by atoms with Gasteiger partial charge >= 0.3 is 11.4 Å². The lowest BCUT2D eigenvalue weighted by molar-refractivity contribution is 0.631. The zero-order valence-electron chi connectivity index (χ0n) is 10.6. The van der Waals surface area contributed by atoms with Crippen molar-refractivity contribution in [1.29, 1.82) is 0 Å². The Morgan fingerprint density at radius 2 is 1.10 bits per heavy atom. The molecule has 0 aliphatic heterocycles. The molecule has 0 saturated carbocycles. The first kappa shape index (κ1) is 12.2. The Balaban J connectivity index is 2.25. The van der Waals surface area contributed by atoms with Gasteiger partial charge in [-0.15, -0.1) is 0 Å². The Hall–Kier alpha value is -2.82. The third kappa shape index (κ3) is 2.09. The van der Waals surface area contributed by atoms with Crippen molar-refractivity contribution >= 4 is 0 Å². The van der Waals surface area contributed by atoms with Crippen LogP contribution in [0.5, 0.6) is 0 Å². The Morgan fingerprint density at radius 3 is 1.50 bits per heavy atom. The van der Waals surface area contributed by atoms with Crippen LogP contribution in [0.15, 0.2) is 70.3 Å². The number of rotatable bonds is 3. The van der Waals surface area contributed by atoms with E-state index in [9.17, 15) is 9.59 Å². The molecule has 0 bridgehead atoms. The molecule has 0 fully saturated rings. The maximum absolute atomic E-state index is 11.9. The van der Waals surface area contributed by atoms with Crippen molar-refractivity contribution in [3.05, 3.63) is 92.8 Å². The Morgan fingerprint density at radius 1 is 0.700 bits per heavy atom. The van der Waals surface area contributed by atoms with Gasteiger partial charge in [0.25, 0.3) is 0 Å². The van der Waals surface area contributed by atoms with E-state index in [1.54, 1.807) is 0 Å². The second-order valence-electron chi connectivity index (χ2n) is 4.45. The molecule has 3 aromatic rings. The second-order valence-corrected chi connectivity index (χ2v) is 4.45. The zero-order valence-corrected chi connectivity index (χ0v) is 10.6. The molecule has 0 amide bonds. The number of hydrogen-bond donors (Lipinski definition) is 2. The zero-order chi connectivity index (χ0) is 13.9. The van der Waals surface area contributed by atoms with Crippen molar-refractivity contribution < 1.29 is 0 Å². The van der Waals surface area contributed by atoms with Gasteiger partial charge in [-0.25, -0.2) is 24.4 Å². The third-order valence-electron chi connectivity index (χ3n) is 3.20. The van der Waals surface area contributed by atoms with Gasteiger partial charge < -0.3 is 0 Å². The van der Waals surface area contributed by atoms with Crippen LogP contribution in [-0.2, 0) is 0 Å². The molecule has 0 spiro atoms. The van der Waals surface area contributed by atoms with E-state index in [0.717, 1.165) is 11.1 Å². The monoisotopic (exact) mass is 267 g/mol. The summed E-state index contributed by atoms with van der Waals surface area (Å²) in [5, 5.41) is 4.65. The molecule has 0 radical (unpaired) electrons. The molecular formula is C15H13N3O2. The van der Waals surface area contributed by atoms with Crippen molar-refractivity contribution in [2.45, 2.75) is 6.04 Å². The molecule has 0 unspecified atom stereocenters. The Bertz CT molecular complexity index is 733. The quantitative estimate of drug-likeness (QED) is 0.755. The van der Waals surface area contributed by atoms with E-state index in [1.807, 2.05) is 60.7 Å². The molecule has 3 rings (SSSR count). The highest BCUT2D eigenvalue weighted by Gasteiger charge is 2.20. The summed E-state index contributed by atoms with van der Waals surface area (Å²) in [6, 6.07) is 18.5. The molecule has 2 N–H and O–H groups in total. The minimum Gasteiger partial charge on any atom is -0.247 e. The summed E-state index contributed by atoms with van der Waals surface area (Å²) in [4.78, 5) is 23.8. The Labute approximate surface area is 114 Å². The van der Waals surface area contributed by atoms with Gasteiger partial charge in [0.2, 0.25) is 0 Å². The van der Waals surface area contributed by atoms with Gasteiger partial charge in [-0.3, -0.25) is 0 Å². The van der Waals surface area contributed by atoms with Crippen molar-refractivity contribution in [1.82, 2.24) is 14.8 Å². The summed E-state index contributed by atoms with van der Waals surface area (Å²) < 4.78 is 1.19. The predicted molar refractivity (Wildman–Crippen MR) is 75.8 cm³/mol. The van der Waals surface area contributed by atoms with E-state index in [4.69, 9.17) is 0 Å². The highest BCUT2D eigenvalue weighted by Crippen LogP contribution is 2.23. The number of hydrogen-bond acceptors (Lipinski definition) is 2. The molecule has 0 aliphatic carbocycles. The van der Waals surface area contributed by atoms with E-state index in [0.29, 0.717) is 0 Å². The minimum absolute atomic E-state index is 0.445. The lowest BCUT2D eigenvalue weighted by atomic mass is 9.99. The van der Waals surface area contributed by atoms with Gasteiger partial charge in [0.1, 0.15) is 0 Å². The van der Waals surface area contributed by atoms with Crippen LogP contribution in [0, 0.1) is 0 Å². The van der Waals surface area contributed by atoms with Gasteiger partial charge in [0.05, 0.1) is 6.04 Å². The molecular weight excluding hydrogens is 254 g/mol. The second kappa shape index (κ2) is 5.05. The fourth-order valence-electron chi connectivity index (χ4n) is 2.32. The fraction of sp³-hybridized carbons (Fsp3) is 0.0667. The number of nitrogens with one attached hydrogen (secondary N) is 2. The molecule has 0 aliphatic rings. The first-order chi connectivity index (χ1) is 9.77. The fourth-order valence-corrected chi connectivity index (χ4v) is 2.32. The SMILES string of the molecule is O=c1[nH][nH]c(=O)n1C(c1ccccc1)c1ccccc1. The van der Waals surface area contributed by atoms with Crippen LogP contribution >= 0.6 is 0 Å². The summed E-state index contributed by atoms with van der Waals surface area (Å²) in [7, 11) is 0. The molecule has 100 valence electrons. The van der Waals surface area contributed by atoms with Gasteiger partial charge in [-0.05, 0) is 11.1 Å². The van der Waals surface area contributed by atoms with Crippen LogP contribution in [0.4, 0.5) is 0 Å². The van der Waals surface area contributed by atoms with E-state index in [2.05, 4.69) is 10.2 Å². The number of benzene rings is 2. The summed E-state index contributed by atoms with van der Waals surface area (Å²) in [5.74, 6) is 0. The molecule has 1 heterocycles. The molecule has 5 heteroatoms. The van der Waals surface area contributed by atoms with E-state index >= 15 is 0 Å². The number of nitrogens with zero attached hydrogens (tertiary/aromatic N) is 1. The van der Waals surface area contributed by atoms with Crippen LogP contribution < -0.4 is 11.4 Å². The normalized spacial score (nSPS) is 10.8. The number of aromatic amines is 2. The molecule has 5 nitrogen and oxygen atoms in total. The van der Waals surface area contributed by atoms with Crippen molar-refractivity contribution in [3.63, 3.8) is 0 Å². The highest BCUT2D eigenvalue weighted by atomic mass is 16.2. The standard InChI is InChI=1S/C15H13N3O2/c19-14-16-17-15(20)18(14)13(11-7-3-1-4-8-11)12-9-5-2-6-10-12/h1-10,13H,(H,16,19)(H,17,20). The van der Waals surface area contributed by atoms with Crippen molar-refractivity contribution in [2.24, 2.45) is 0 Å². The van der Waals surface area contributed by atoms with E-state index in [-0.39, 0.29) is 0 Å². The third-order valence-corrected chi connectivity index (χ3v) is 3.20. The molecule has 1 aromatic heterocycles. The van der Waals surface area contributed by atoms with Gasteiger partial charge in [-0.1, -0.05) is 60.7 Å². The first-order valence-electron chi connectivity index (χ1n) is 6.26. The highest BCUT2D eigenvalue weighted by molar-refractivity contribution is 5.32. The molecule has 0 saturated heterocycles. The van der Waals surface area contributed by atoms with Crippen LogP contribution in [0.1, 0.15) is 17.2 Å². The average Bonchev–Trinajstić information content (AvgIpc) is 2.82. The largest absolute Gasteiger partial charge is 0.345 e. The topological polar surface area (TPSA) is 70.7 Å². The summed E-state index contributed by atoms with van der Waals surface area (Å²) in [5.41, 5.74) is 0.859. The van der Waals surface area contributed by atoms with E-state index in [1.165, 1.54) is 4.57 Å². The predicted octanol–water partition coefficient (Wildman–Crippen LogP) is 1.50. The van der Waals surface area contributed by atoms with Crippen LogP contribution in [0.25, 0.3) is 0 Å². The maximum Gasteiger partial charge on any atom is 0.345 e. The van der Waals surface area contributed by atoms with Crippen molar-refractivity contribution in [3.8, 4) is 0 Å². The first-order valence-corrected chi connectivity index (χ1v) is 6.26. The maximum atomic E-state index is 11.9. The number of H-pyrrole nitrogens is 2. The smallest absolute Gasteiger partial charge is 0.247 e. The number of aromatic nitrogens is 3. The minimum atomic E-state index is -0.451. The summed E-state index contributed by atoms with van der Waals surface area (Å²) >= 11 is 0. The Kier molecular flexibility index (Phi) is 3.09. The van der Waals surface area contributed by atoms with Crippen molar-refractivity contribution in [2.75, 3.05) is 0 Å². The lowest BCUT2D eigenvalue weighted by Crippen LogP contribution is -2.32. The average molecular weight is 267 g/mol. The summed E-state index contributed by atoms with van der Waals surface area (Å²) in [6.07, 6.45) is 0. The molecule has 2 aromatic carbocycles. The summed E-state index contributed by atoms with van der Waals surface area (Å²) in [6.45, 7) is 0. The molecule has 20 heavy (non-hydrogen) atoms.